The van der Waals surface area contributed by atoms with Crippen molar-refractivity contribution < 1.29 is 18.8 Å². The third kappa shape index (κ3) is 5.72. The van der Waals surface area contributed by atoms with Crippen molar-refractivity contribution in [3.05, 3.63) is 97.2 Å². The molecule has 5 rings (SSSR count). The van der Waals surface area contributed by atoms with Crippen LogP contribution in [0.4, 0.5) is 5.69 Å². The summed E-state index contributed by atoms with van der Waals surface area (Å²) >= 11 is 19.4. The number of aromatic nitrogens is 1. The average molecular weight is 582 g/mol. The summed E-state index contributed by atoms with van der Waals surface area (Å²) in [6, 6.07) is 13.8. The number of nitrogens with zero attached hydrogens (tertiary/aromatic N) is 1. The molecule has 39 heavy (non-hydrogen) atoms. The number of esters is 1. The second-order valence-electron chi connectivity index (χ2n) is 9.15. The number of carbonyl (C=O) groups excluding carboxylic acids is 1. The topological polar surface area (TPSA) is 87.6 Å². The van der Waals surface area contributed by atoms with Gasteiger partial charge in [0.05, 0.1) is 33.3 Å². The Morgan fingerprint density at radius 2 is 1.77 bits per heavy atom. The van der Waals surface area contributed by atoms with Crippen molar-refractivity contribution in [1.82, 2.24) is 5.16 Å². The summed E-state index contributed by atoms with van der Waals surface area (Å²) in [6.07, 6.45) is 2.06. The molecule has 1 aliphatic rings. The van der Waals surface area contributed by atoms with Gasteiger partial charge in [0.25, 0.3) is 0 Å². The molecule has 1 heterocycles. The summed E-state index contributed by atoms with van der Waals surface area (Å²) in [5.41, 5.74) is 10.8. The molecule has 6 nitrogen and oxygen atoms in total. The zero-order valence-corrected chi connectivity index (χ0v) is 23.4. The fourth-order valence-electron chi connectivity index (χ4n) is 4.13. The minimum absolute atomic E-state index is 0.201. The molecule has 9 heteroatoms. The monoisotopic (exact) mass is 580 g/mol. The average Bonchev–Trinajstić information content (AvgIpc) is 3.68. The number of nitrogens with two attached hydrogens (primary N) is 1. The van der Waals surface area contributed by atoms with Crippen molar-refractivity contribution >= 4 is 46.5 Å². The number of hydrogen-bond donors (Lipinski definition) is 1. The lowest BCUT2D eigenvalue weighted by molar-refractivity contribution is 0.0600. The van der Waals surface area contributed by atoms with Crippen LogP contribution in [0.5, 0.6) is 5.75 Å². The number of hydrogen-bond acceptors (Lipinski definition) is 6. The van der Waals surface area contributed by atoms with Gasteiger partial charge in [0.2, 0.25) is 0 Å². The summed E-state index contributed by atoms with van der Waals surface area (Å²) in [6.45, 7) is 2.04. The van der Waals surface area contributed by atoms with E-state index in [1.54, 1.807) is 48.5 Å². The summed E-state index contributed by atoms with van der Waals surface area (Å²) < 4.78 is 16.6. The lowest BCUT2D eigenvalue weighted by Gasteiger charge is -2.10. The molecule has 4 aromatic rings. The van der Waals surface area contributed by atoms with Gasteiger partial charge in [-0.05, 0) is 61.7 Å². The second-order valence-corrected chi connectivity index (χ2v) is 10.4. The first-order chi connectivity index (χ1) is 18.8. The van der Waals surface area contributed by atoms with Crippen molar-refractivity contribution in [3.8, 4) is 28.8 Å². The van der Waals surface area contributed by atoms with Crippen molar-refractivity contribution in [2.75, 3.05) is 12.8 Å². The molecule has 3 aromatic carbocycles. The Balaban J connectivity index is 1.39. The Kier molecular flexibility index (Phi) is 7.76. The lowest BCUT2D eigenvalue weighted by atomic mass is 10.0. The summed E-state index contributed by atoms with van der Waals surface area (Å²) in [5, 5.41) is 5.68. The molecule has 0 bridgehead atoms. The Labute approximate surface area is 240 Å². The number of ether oxygens (including phenoxy) is 2. The maximum absolute atomic E-state index is 12.0. The molecular formula is C30H23Cl3N2O4. The zero-order valence-electron chi connectivity index (χ0n) is 21.1. The highest BCUT2D eigenvalue weighted by Crippen LogP contribution is 2.46. The summed E-state index contributed by atoms with van der Waals surface area (Å²) in [4.78, 5) is 12.0. The maximum Gasteiger partial charge on any atom is 0.337 e. The van der Waals surface area contributed by atoms with Gasteiger partial charge in [-0.25, -0.2) is 4.79 Å². The number of nitrogen functional groups attached to an aromatic ring is 1. The minimum atomic E-state index is -0.484. The highest BCUT2D eigenvalue weighted by atomic mass is 35.5. The molecule has 1 aliphatic carbocycles. The fourth-order valence-corrected chi connectivity index (χ4v) is 4.92. The first-order valence-corrected chi connectivity index (χ1v) is 13.3. The van der Waals surface area contributed by atoms with Gasteiger partial charge in [0.1, 0.15) is 23.8 Å². The van der Waals surface area contributed by atoms with Gasteiger partial charge in [-0.1, -0.05) is 57.9 Å². The van der Waals surface area contributed by atoms with Crippen LogP contribution >= 0.6 is 34.8 Å². The Morgan fingerprint density at radius 3 is 2.44 bits per heavy atom. The van der Waals surface area contributed by atoms with Crippen molar-refractivity contribution in [3.63, 3.8) is 0 Å². The molecule has 0 aliphatic heterocycles. The first-order valence-electron chi connectivity index (χ1n) is 12.1. The number of halogens is 3. The van der Waals surface area contributed by atoms with E-state index >= 15 is 0 Å². The van der Waals surface area contributed by atoms with Crippen LogP contribution in [0.2, 0.25) is 15.1 Å². The number of anilines is 1. The van der Waals surface area contributed by atoms with Gasteiger partial charge < -0.3 is 19.7 Å². The molecule has 0 saturated heterocycles. The van der Waals surface area contributed by atoms with E-state index < -0.39 is 5.97 Å². The second kappa shape index (κ2) is 11.2. The number of benzene rings is 3. The Morgan fingerprint density at radius 1 is 1.05 bits per heavy atom. The maximum atomic E-state index is 12.0. The van der Waals surface area contributed by atoms with Crippen LogP contribution in [-0.4, -0.2) is 18.2 Å². The van der Waals surface area contributed by atoms with E-state index in [9.17, 15) is 4.79 Å². The van der Waals surface area contributed by atoms with Crippen LogP contribution in [0.3, 0.4) is 0 Å². The van der Waals surface area contributed by atoms with Crippen LogP contribution in [0.1, 0.15) is 57.1 Å². The number of rotatable bonds is 6. The van der Waals surface area contributed by atoms with Gasteiger partial charge in [0, 0.05) is 34.4 Å². The highest BCUT2D eigenvalue weighted by Gasteiger charge is 2.33. The van der Waals surface area contributed by atoms with E-state index in [1.165, 1.54) is 7.11 Å². The predicted molar refractivity (Wildman–Crippen MR) is 153 cm³/mol. The van der Waals surface area contributed by atoms with E-state index in [0.717, 1.165) is 29.7 Å². The number of methoxy groups -OCH3 is 1. The number of carbonyl (C=O) groups is 1. The standard InChI is InChI=1S/C30H23Cl3N2O4/c1-16-19(12-20(13-26(16)34)30(36)37-2)9-6-17-10-11-21(14-25(17)33)38-15-22-28(35-39-29(22)18-7-8-18)27-23(31)4-3-5-24(27)32/h3-5,10-14,18H,7-8,15,34H2,1-2H3. The van der Waals surface area contributed by atoms with Crippen LogP contribution in [0.15, 0.2) is 53.1 Å². The van der Waals surface area contributed by atoms with E-state index in [-0.39, 0.29) is 6.61 Å². The molecular weight excluding hydrogens is 559 g/mol. The Bertz CT molecular complexity index is 1630. The molecule has 1 saturated carbocycles. The Hall–Kier alpha value is -3.63. The van der Waals surface area contributed by atoms with Crippen LogP contribution in [0.25, 0.3) is 11.3 Å². The molecule has 1 aromatic heterocycles. The molecule has 0 unspecified atom stereocenters. The summed E-state index contributed by atoms with van der Waals surface area (Å²) in [5.74, 6) is 7.28. The van der Waals surface area contributed by atoms with E-state index in [2.05, 4.69) is 17.0 Å². The van der Waals surface area contributed by atoms with Crippen molar-refractivity contribution in [2.45, 2.75) is 32.3 Å². The molecule has 0 spiro atoms. The normalized spacial score (nSPS) is 12.5. The van der Waals surface area contributed by atoms with Gasteiger partial charge >= 0.3 is 5.97 Å². The van der Waals surface area contributed by atoms with Gasteiger partial charge in [-0.3, -0.25) is 0 Å². The van der Waals surface area contributed by atoms with E-state index in [1.807, 2.05) is 6.92 Å². The predicted octanol–water partition coefficient (Wildman–Crippen LogP) is 7.84. The van der Waals surface area contributed by atoms with Crippen LogP contribution in [-0.2, 0) is 11.3 Å². The van der Waals surface area contributed by atoms with Gasteiger partial charge in [-0.2, -0.15) is 0 Å². The zero-order chi connectivity index (χ0) is 27.7. The minimum Gasteiger partial charge on any atom is -0.489 e. The quantitative estimate of drug-likeness (QED) is 0.142. The van der Waals surface area contributed by atoms with Gasteiger partial charge in [0.15, 0.2) is 0 Å². The molecule has 1 fully saturated rings. The molecule has 0 radical (unpaired) electrons. The molecule has 198 valence electrons. The largest absolute Gasteiger partial charge is 0.489 e. The SMILES string of the molecule is COC(=O)c1cc(N)c(C)c(C#Cc2ccc(OCc3c(-c4c(Cl)cccc4Cl)noc3C3CC3)cc2Cl)c1. The smallest absolute Gasteiger partial charge is 0.337 e. The van der Waals surface area contributed by atoms with Crippen molar-refractivity contribution in [2.24, 2.45) is 0 Å². The van der Waals surface area contributed by atoms with E-state index in [0.29, 0.717) is 60.4 Å². The third-order valence-electron chi connectivity index (χ3n) is 6.49. The third-order valence-corrected chi connectivity index (χ3v) is 7.43. The van der Waals surface area contributed by atoms with Crippen LogP contribution in [0, 0.1) is 18.8 Å². The van der Waals surface area contributed by atoms with E-state index in [4.69, 9.17) is 54.5 Å². The molecule has 0 amide bonds. The van der Waals surface area contributed by atoms with Crippen LogP contribution < -0.4 is 10.5 Å². The molecule has 2 N–H and O–H groups in total. The lowest BCUT2D eigenvalue weighted by Crippen LogP contribution is -2.04. The van der Waals surface area contributed by atoms with Gasteiger partial charge in [-0.15, -0.1) is 0 Å². The first kappa shape index (κ1) is 27.0. The fraction of sp³-hybridized carbons (Fsp3) is 0.200. The molecule has 0 atom stereocenters. The summed E-state index contributed by atoms with van der Waals surface area (Å²) in [7, 11) is 1.32. The van der Waals surface area contributed by atoms with Crippen molar-refractivity contribution in [1.29, 1.82) is 0 Å². The highest BCUT2D eigenvalue weighted by molar-refractivity contribution is 6.39.